The van der Waals surface area contributed by atoms with Gasteiger partial charge in [-0.1, -0.05) is 6.42 Å². The van der Waals surface area contributed by atoms with Gasteiger partial charge < -0.3 is 9.90 Å². The second kappa shape index (κ2) is 12.5. The first-order valence-electron chi connectivity index (χ1n) is 7.65. The largest absolute Gasteiger partial charge is 0.386 e. The minimum atomic E-state index is -0.870. The molecule has 6 heteroatoms. The highest BCUT2D eigenvalue weighted by molar-refractivity contribution is 5.82. The summed E-state index contributed by atoms with van der Waals surface area (Å²) in [7, 11) is 0. The standard InChI is InChI=1S/C15H28N2O4/c1-12(18)8-5-6-10-15(21)17-16-11-7-3-4-9-14(20)13(2)19/h13,16,19H,3-11H2,1-2H3,(H,17,21). The lowest BCUT2D eigenvalue weighted by Crippen LogP contribution is -2.37. The molecule has 6 nitrogen and oxygen atoms in total. The lowest BCUT2D eigenvalue weighted by molar-refractivity contribution is -0.126. The monoisotopic (exact) mass is 300 g/mol. The molecule has 1 atom stereocenters. The first kappa shape index (κ1) is 19.7. The Morgan fingerprint density at radius 2 is 1.57 bits per heavy atom. The SMILES string of the molecule is CC(=O)CCCCC(=O)NNCCCCCC(=O)C(C)O. The molecule has 0 radical (unpaired) electrons. The minimum Gasteiger partial charge on any atom is -0.386 e. The summed E-state index contributed by atoms with van der Waals surface area (Å²) in [6, 6.07) is 0. The Hall–Kier alpha value is -1.27. The smallest absolute Gasteiger partial charge is 0.234 e. The third kappa shape index (κ3) is 13.5. The number of aliphatic hydroxyl groups is 1. The maximum atomic E-state index is 11.4. The van der Waals surface area contributed by atoms with Crippen LogP contribution in [0.3, 0.4) is 0 Å². The first-order chi connectivity index (χ1) is 9.93. The average molecular weight is 300 g/mol. The van der Waals surface area contributed by atoms with Crippen molar-refractivity contribution >= 4 is 17.5 Å². The second-order valence-electron chi connectivity index (χ2n) is 5.34. The van der Waals surface area contributed by atoms with E-state index in [1.807, 2.05) is 0 Å². The Labute approximate surface area is 126 Å². The van der Waals surface area contributed by atoms with E-state index in [0.717, 1.165) is 25.7 Å². The highest BCUT2D eigenvalue weighted by atomic mass is 16.3. The van der Waals surface area contributed by atoms with Gasteiger partial charge in [-0.2, -0.15) is 0 Å². The predicted molar refractivity (Wildman–Crippen MR) is 80.5 cm³/mol. The van der Waals surface area contributed by atoms with E-state index in [9.17, 15) is 14.4 Å². The molecule has 0 saturated carbocycles. The van der Waals surface area contributed by atoms with E-state index in [4.69, 9.17) is 5.11 Å². The number of ketones is 2. The Balaban J connectivity index is 3.32. The van der Waals surface area contributed by atoms with Gasteiger partial charge in [0.2, 0.25) is 5.91 Å². The topological polar surface area (TPSA) is 95.5 Å². The number of carbonyl (C=O) groups is 3. The quantitative estimate of drug-likeness (QED) is 0.352. The van der Waals surface area contributed by atoms with E-state index in [2.05, 4.69) is 10.9 Å². The third-order valence-corrected chi connectivity index (χ3v) is 3.10. The van der Waals surface area contributed by atoms with E-state index >= 15 is 0 Å². The van der Waals surface area contributed by atoms with E-state index in [1.54, 1.807) is 6.92 Å². The number of nitrogens with one attached hydrogen (secondary N) is 2. The third-order valence-electron chi connectivity index (χ3n) is 3.10. The number of hydrazine groups is 1. The van der Waals surface area contributed by atoms with Gasteiger partial charge in [-0.3, -0.25) is 15.0 Å². The van der Waals surface area contributed by atoms with E-state index < -0.39 is 6.10 Å². The van der Waals surface area contributed by atoms with Crippen molar-refractivity contribution in [2.45, 2.75) is 71.3 Å². The van der Waals surface area contributed by atoms with Gasteiger partial charge in [0.15, 0.2) is 5.78 Å². The van der Waals surface area contributed by atoms with Crippen LogP contribution in [0.15, 0.2) is 0 Å². The molecule has 0 rings (SSSR count). The van der Waals surface area contributed by atoms with Gasteiger partial charge >= 0.3 is 0 Å². The zero-order valence-corrected chi connectivity index (χ0v) is 13.1. The van der Waals surface area contributed by atoms with Crippen LogP contribution in [0, 0.1) is 0 Å². The number of Topliss-reactive ketones (excluding diaryl/α,β-unsaturated/α-hetero) is 2. The van der Waals surface area contributed by atoms with Crippen LogP contribution < -0.4 is 10.9 Å². The molecule has 122 valence electrons. The summed E-state index contributed by atoms with van der Waals surface area (Å²) >= 11 is 0. The normalized spacial score (nSPS) is 12.0. The molecule has 0 heterocycles. The van der Waals surface area contributed by atoms with Crippen molar-refractivity contribution in [1.29, 1.82) is 0 Å². The van der Waals surface area contributed by atoms with E-state index in [1.165, 1.54) is 6.92 Å². The van der Waals surface area contributed by atoms with Gasteiger partial charge in [0.1, 0.15) is 11.9 Å². The molecule has 0 fully saturated rings. The molecular formula is C15H28N2O4. The van der Waals surface area contributed by atoms with Gasteiger partial charge in [0.25, 0.3) is 0 Å². The molecule has 0 aromatic rings. The Kier molecular flexibility index (Phi) is 11.7. The van der Waals surface area contributed by atoms with Crippen LogP contribution >= 0.6 is 0 Å². The Bertz CT molecular complexity index is 330. The summed E-state index contributed by atoms with van der Waals surface area (Å²) in [6.45, 7) is 3.69. The summed E-state index contributed by atoms with van der Waals surface area (Å²) in [4.78, 5) is 33.3. The van der Waals surface area contributed by atoms with Crippen LogP contribution in [-0.4, -0.2) is 35.2 Å². The molecule has 0 aliphatic heterocycles. The van der Waals surface area contributed by atoms with Crippen molar-refractivity contribution in [3.63, 3.8) is 0 Å². The molecule has 21 heavy (non-hydrogen) atoms. The molecule has 1 unspecified atom stereocenters. The van der Waals surface area contributed by atoms with Crippen molar-refractivity contribution in [1.82, 2.24) is 10.9 Å². The van der Waals surface area contributed by atoms with E-state index in [0.29, 0.717) is 32.2 Å². The second-order valence-corrected chi connectivity index (χ2v) is 5.34. The van der Waals surface area contributed by atoms with Crippen LogP contribution in [0.25, 0.3) is 0 Å². The molecule has 0 aliphatic carbocycles. The van der Waals surface area contributed by atoms with Gasteiger partial charge in [-0.25, -0.2) is 5.43 Å². The van der Waals surface area contributed by atoms with Crippen LogP contribution in [0.5, 0.6) is 0 Å². The van der Waals surface area contributed by atoms with Crippen LogP contribution in [0.1, 0.15) is 65.2 Å². The molecule has 3 N–H and O–H groups in total. The van der Waals surface area contributed by atoms with Crippen molar-refractivity contribution in [2.24, 2.45) is 0 Å². The van der Waals surface area contributed by atoms with Gasteiger partial charge in [0, 0.05) is 25.8 Å². The van der Waals surface area contributed by atoms with Crippen LogP contribution in [0.2, 0.25) is 0 Å². The fourth-order valence-electron chi connectivity index (χ4n) is 1.78. The van der Waals surface area contributed by atoms with Crippen LogP contribution in [0.4, 0.5) is 0 Å². The zero-order chi connectivity index (χ0) is 16.1. The zero-order valence-electron chi connectivity index (χ0n) is 13.1. The molecular weight excluding hydrogens is 272 g/mol. The first-order valence-corrected chi connectivity index (χ1v) is 7.65. The van der Waals surface area contributed by atoms with Crippen LogP contribution in [-0.2, 0) is 14.4 Å². The highest BCUT2D eigenvalue weighted by Crippen LogP contribution is 2.02. The van der Waals surface area contributed by atoms with Crippen molar-refractivity contribution in [2.75, 3.05) is 6.54 Å². The number of rotatable bonds is 13. The summed E-state index contributed by atoms with van der Waals surface area (Å²) in [5.41, 5.74) is 5.45. The molecule has 0 spiro atoms. The van der Waals surface area contributed by atoms with Crippen molar-refractivity contribution in [3.05, 3.63) is 0 Å². The molecule has 0 aromatic heterocycles. The number of amides is 1. The fourth-order valence-corrected chi connectivity index (χ4v) is 1.78. The van der Waals surface area contributed by atoms with Gasteiger partial charge in [-0.05, 0) is 39.5 Å². The molecule has 0 bridgehead atoms. The maximum absolute atomic E-state index is 11.4. The number of hydrogen-bond acceptors (Lipinski definition) is 5. The minimum absolute atomic E-state index is 0.0668. The number of aliphatic hydroxyl groups excluding tert-OH is 1. The number of hydrogen-bond donors (Lipinski definition) is 3. The van der Waals surface area contributed by atoms with Crippen molar-refractivity contribution in [3.8, 4) is 0 Å². The fraction of sp³-hybridized carbons (Fsp3) is 0.800. The Morgan fingerprint density at radius 1 is 0.952 bits per heavy atom. The number of carbonyl (C=O) groups excluding carboxylic acids is 3. The summed E-state index contributed by atoms with van der Waals surface area (Å²) in [5.74, 6) is -0.0349. The summed E-state index contributed by atoms with van der Waals surface area (Å²) < 4.78 is 0. The molecule has 0 aromatic carbocycles. The van der Waals surface area contributed by atoms with Gasteiger partial charge in [-0.15, -0.1) is 0 Å². The van der Waals surface area contributed by atoms with Crippen molar-refractivity contribution < 1.29 is 19.5 Å². The predicted octanol–water partition coefficient (Wildman–Crippen LogP) is 1.27. The molecule has 0 aliphatic rings. The van der Waals surface area contributed by atoms with E-state index in [-0.39, 0.29) is 17.5 Å². The average Bonchev–Trinajstić information content (AvgIpc) is 2.41. The molecule has 0 saturated heterocycles. The maximum Gasteiger partial charge on any atom is 0.234 e. The van der Waals surface area contributed by atoms with Gasteiger partial charge in [0.05, 0.1) is 0 Å². The Morgan fingerprint density at radius 3 is 2.19 bits per heavy atom. The highest BCUT2D eigenvalue weighted by Gasteiger charge is 2.07. The lowest BCUT2D eigenvalue weighted by Gasteiger charge is -2.07. The summed E-state index contributed by atoms with van der Waals surface area (Å²) in [5, 5.41) is 9.01. The molecule has 1 amide bonds. The lowest BCUT2D eigenvalue weighted by atomic mass is 10.1. The summed E-state index contributed by atoms with van der Waals surface area (Å²) in [6.07, 6.45) is 4.44. The number of unbranched alkanes of at least 4 members (excludes halogenated alkanes) is 3.